The van der Waals surface area contributed by atoms with Gasteiger partial charge in [-0.2, -0.15) is 0 Å². The Morgan fingerprint density at radius 2 is 1.75 bits per heavy atom. The van der Waals surface area contributed by atoms with Gasteiger partial charge in [-0.1, -0.05) is 12.1 Å². The van der Waals surface area contributed by atoms with Crippen LogP contribution in [0.2, 0.25) is 0 Å². The molecule has 5 heteroatoms. The number of carboxylic acids is 2. The zero-order chi connectivity index (χ0) is 12.1. The number of benzene rings is 1. The van der Waals surface area contributed by atoms with E-state index in [1.54, 1.807) is 24.3 Å². The molecule has 0 unspecified atom stereocenters. The number of carbonyl (C=O) groups is 2. The van der Waals surface area contributed by atoms with Gasteiger partial charge in [0.2, 0.25) is 0 Å². The number of hydrogen-bond donors (Lipinski definition) is 3. The van der Waals surface area contributed by atoms with Crippen molar-refractivity contribution in [3.05, 3.63) is 29.8 Å². The quantitative estimate of drug-likeness (QED) is 0.646. The van der Waals surface area contributed by atoms with E-state index in [-0.39, 0.29) is 12.8 Å². The Balaban J connectivity index is 2.71. The molecule has 0 fully saturated rings. The standard InChI is InChI=1S/C11H13NO4/c12-9-3-1-7(2-4-9)5-8(11(15)16)6-10(13)14/h1-4,8H,5-6,12H2,(H,13,14)(H,15,16)/t8-/m0/s1. The molecule has 0 bridgehead atoms. The minimum absolute atomic E-state index is 0.196. The average molecular weight is 223 g/mol. The molecule has 0 aliphatic rings. The fraction of sp³-hybridized carbons (Fsp3) is 0.273. The third kappa shape index (κ3) is 3.61. The van der Waals surface area contributed by atoms with Crippen LogP contribution in [0, 0.1) is 5.92 Å². The molecule has 0 radical (unpaired) electrons. The van der Waals surface area contributed by atoms with Crippen LogP contribution in [0.5, 0.6) is 0 Å². The molecule has 0 aliphatic heterocycles. The van der Waals surface area contributed by atoms with Gasteiger partial charge in [0.05, 0.1) is 12.3 Å². The predicted octanol–water partition coefficient (Wildman–Crippen LogP) is 0.987. The fourth-order valence-corrected chi connectivity index (χ4v) is 1.40. The summed E-state index contributed by atoms with van der Waals surface area (Å²) in [4.78, 5) is 21.3. The molecule has 16 heavy (non-hydrogen) atoms. The molecule has 0 heterocycles. The summed E-state index contributed by atoms with van der Waals surface area (Å²) in [6, 6.07) is 6.73. The maximum atomic E-state index is 10.8. The van der Waals surface area contributed by atoms with Crippen LogP contribution in [0.25, 0.3) is 0 Å². The smallest absolute Gasteiger partial charge is 0.307 e. The molecule has 5 nitrogen and oxygen atoms in total. The molecule has 86 valence electrons. The molecule has 4 N–H and O–H groups in total. The summed E-state index contributed by atoms with van der Waals surface area (Å²) in [5.74, 6) is -3.11. The van der Waals surface area contributed by atoms with Crippen molar-refractivity contribution < 1.29 is 19.8 Å². The van der Waals surface area contributed by atoms with E-state index in [0.717, 1.165) is 5.56 Å². The maximum absolute atomic E-state index is 10.8. The lowest BCUT2D eigenvalue weighted by molar-refractivity contribution is -0.148. The van der Waals surface area contributed by atoms with Crippen LogP contribution >= 0.6 is 0 Å². The zero-order valence-corrected chi connectivity index (χ0v) is 8.59. The average Bonchev–Trinajstić information content (AvgIpc) is 2.19. The third-order valence-corrected chi connectivity index (χ3v) is 2.23. The van der Waals surface area contributed by atoms with Crippen LogP contribution < -0.4 is 5.73 Å². The summed E-state index contributed by atoms with van der Waals surface area (Å²) < 4.78 is 0. The zero-order valence-electron chi connectivity index (χ0n) is 8.59. The highest BCUT2D eigenvalue weighted by molar-refractivity contribution is 5.78. The topological polar surface area (TPSA) is 101 Å². The van der Waals surface area contributed by atoms with E-state index in [0.29, 0.717) is 5.69 Å². The van der Waals surface area contributed by atoms with Crippen LogP contribution in [0.3, 0.4) is 0 Å². The van der Waals surface area contributed by atoms with Crippen LogP contribution in [0.4, 0.5) is 5.69 Å². The molecule has 0 spiro atoms. The van der Waals surface area contributed by atoms with Gasteiger partial charge >= 0.3 is 11.9 Å². The molecule has 0 aliphatic carbocycles. The molecule has 0 saturated carbocycles. The van der Waals surface area contributed by atoms with Gasteiger partial charge in [-0.05, 0) is 24.1 Å². The number of hydrogen-bond acceptors (Lipinski definition) is 3. The van der Waals surface area contributed by atoms with E-state index in [1.165, 1.54) is 0 Å². The summed E-state index contributed by atoms with van der Waals surface area (Å²) in [5, 5.41) is 17.4. The molecular weight excluding hydrogens is 210 g/mol. The van der Waals surface area contributed by atoms with E-state index in [2.05, 4.69) is 0 Å². The highest BCUT2D eigenvalue weighted by atomic mass is 16.4. The Hall–Kier alpha value is -2.04. The molecule has 0 aromatic heterocycles. The lowest BCUT2D eigenvalue weighted by atomic mass is 9.96. The van der Waals surface area contributed by atoms with Crippen molar-refractivity contribution in [1.82, 2.24) is 0 Å². The normalized spacial score (nSPS) is 12.0. The number of rotatable bonds is 5. The van der Waals surface area contributed by atoms with Crippen molar-refractivity contribution in [1.29, 1.82) is 0 Å². The third-order valence-electron chi connectivity index (χ3n) is 2.23. The first kappa shape index (κ1) is 12.0. The second-order valence-corrected chi connectivity index (χ2v) is 3.58. The summed E-state index contributed by atoms with van der Waals surface area (Å²) in [6.45, 7) is 0. The van der Waals surface area contributed by atoms with E-state index < -0.39 is 17.9 Å². The van der Waals surface area contributed by atoms with E-state index in [9.17, 15) is 9.59 Å². The Kier molecular flexibility index (Phi) is 3.88. The molecule has 1 aromatic rings. The maximum Gasteiger partial charge on any atom is 0.307 e. The van der Waals surface area contributed by atoms with Gasteiger partial charge in [0, 0.05) is 5.69 Å². The first-order chi connectivity index (χ1) is 7.49. The molecule has 1 atom stereocenters. The molecule has 0 amide bonds. The summed E-state index contributed by atoms with van der Waals surface area (Å²) in [6.07, 6.45) is -0.179. The Bertz CT molecular complexity index is 385. The first-order valence-electron chi connectivity index (χ1n) is 4.78. The fourth-order valence-electron chi connectivity index (χ4n) is 1.40. The van der Waals surface area contributed by atoms with Gasteiger partial charge < -0.3 is 15.9 Å². The van der Waals surface area contributed by atoms with Gasteiger partial charge in [-0.3, -0.25) is 9.59 Å². The van der Waals surface area contributed by atoms with Crippen molar-refractivity contribution in [2.75, 3.05) is 5.73 Å². The molecular formula is C11H13NO4. The first-order valence-corrected chi connectivity index (χ1v) is 4.78. The lowest BCUT2D eigenvalue weighted by Gasteiger charge is -2.09. The van der Waals surface area contributed by atoms with Crippen molar-refractivity contribution in [2.45, 2.75) is 12.8 Å². The van der Waals surface area contributed by atoms with E-state index in [1.807, 2.05) is 0 Å². The van der Waals surface area contributed by atoms with Crippen molar-refractivity contribution in [3.63, 3.8) is 0 Å². The largest absolute Gasteiger partial charge is 0.481 e. The van der Waals surface area contributed by atoms with Gasteiger partial charge in [0.25, 0.3) is 0 Å². The van der Waals surface area contributed by atoms with Crippen molar-refractivity contribution in [2.24, 2.45) is 5.92 Å². The van der Waals surface area contributed by atoms with Crippen LogP contribution in [-0.2, 0) is 16.0 Å². The minimum atomic E-state index is -1.11. The van der Waals surface area contributed by atoms with Crippen molar-refractivity contribution >= 4 is 17.6 Å². The summed E-state index contributed by atoms with van der Waals surface area (Å²) in [7, 11) is 0. The summed E-state index contributed by atoms with van der Waals surface area (Å²) in [5.41, 5.74) is 6.85. The second-order valence-electron chi connectivity index (χ2n) is 3.58. The SMILES string of the molecule is Nc1ccc(C[C@@H](CC(=O)O)C(=O)O)cc1. The number of carboxylic acid groups (broad SMARTS) is 2. The Labute approximate surface area is 92.5 Å². The molecule has 1 aromatic carbocycles. The minimum Gasteiger partial charge on any atom is -0.481 e. The monoisotopic (exact) mass is 223 g/mol. The number of anilines is 1. The van der Waals surface area contributed by atoms with Gasteiger partial charge in [-0.25, -0.2) is 0 Å². The highest BCUT2D eigenvalue weighted by Crippen LogP contribution is 2.14. The number of aliphatic carboxylic acids is 2. The van der Waals surface area contributed by atoms with Gasteiger partial charge in [0.15, 0.2) is 0 Å². The van der Waals surface area contributed by atoms with Crippen LogP contribution in [0.15, 0.2) is 24.3 Å². The van der Waals surface area contributed by atoms with Crippen LogP contribution in [-0.4, -0.2) is 22.2 Å². The number of nitrogen functional groups attached to an aromatic ring is 1. The Morgan fingerprint density at radius 1 is 1.19 bits per heavy atom. The predicted molar refractivity (Wildman–Crippen MR) is 57.9 cm³/mol. The molecule has 1 rings (SSSR count). The second kappa shape index (κ2) is 5.16. The van der Waals surface area contributed by atoms with Crippen molar-refractivity contribution in [3.8, 4) is 0 Å². The van der Waals surface area contributed by atoms with Crippen LogP contribution in [0.1, 0.15) is 12.0 Å². The van der Waals surface area contributed by atoms with Gasteiger partial charge in [-0.15, -0.1) is 0 Å². The summed E-state index contributed by atoms with van der Waals surface area (Å²) >= 11 is 0. The number of nitrogens with two attached hydrogens (primary N) is 1. The molecule has 0 saturated heterocycles. The van der Waals surface area contributed by atoms with Gasteiger partial charge in [0.1, 0.15) is 0 Å². The highest BCUT2D eigenvalue weighted by Gasteiger charge is 2.21. The van der Waals surface area contributed by atoms with E-state index >= 15 is 0 Å². The lowest BCUT2D eigenvalue weighted by Crippen LogP contribution is -2.20. The van der Waals surface area contributed by atoms with E-state index in [4.69, 9.17) is 15.9 Å². The Morgan fingerprint density at radius 3 is 2.19 bits per heavy atom.